The molecule has 0 aliphatic heterocycles. The summed E-state index contributed by atoms with van der Waals surface area (Å²) in [5.74, 6) is -1.02. The van der Waals surface area contributed by atoms with Crippen LogP contribution in [0.2, 0.25) is 0 Å². The predicted octanol–water partition coefficient (Wildman–Crippen LogP) is 1.84. The van der Waals surface area contributed by atoms with E-state index in [-0.39, 0.29) is 11.5 Å². The molecule has 1 heterocycles. The molecule has 7 heteroatoms. The van der Waals surface area contributed by atoms with Gasteiger partial charge in [-0.15, -0.1) is 0 Å². The Kier molecular flexibility index (Phi) is 3.01. The zero-order valence-corrected chi connectivity index (χ0v) is 7.88. The van der Waals surface area contributed by atoms with E-state index in [2.05, 4.69) is 4.98 Å². The van der Waals surface area contributed by atoms with Crippen molar-refractivity contribution in [2.24, 2.45) is 0 Å². The van der Waals surface area contributed by atoms with Crippen molar-refractivity contribution in [2.75, 3.05) is 0 Å². The van der Waals surface area contributed by atoms with E-state index in [0.717, 1.165) is 10.8 Å². The van der Waals surface area contributed by atoms with Gasteiger partial charge in [-0.3, -0.25) is 0 Å². The molecule has 1 rings (SSSR count). The molecule has 0 saturated carbocycles. The van der Waals surface area contributed by atoms with E-state index in [1.165, 1.54) is 6.92 Å². The SMILES string of the molecule is Cc1ncc(C(=O)O)n1CCC(F)(F)F. The van der Waals surface area contributed by atoms with Gasteiger partial charge in [0.2, 0.25) is 0 Å². The second kappa shape index (κ2) is 3.92. The Morgan fingerprint density at radius 3 is 2.67 bits per heavy atom. The summed E-state index contributed by atoms with van der Waals surface area (Å²) in [6, 6.07) is 0. The van der Waals surface area contributed by atoms with Crippen LogP contribution in [0.1, 0.15) is 22.7 Å². The van der Waals surface area contributed by atoms with Gasteiger partial charge in [-0.05, 0) is 6.92 Å². The van der Waals surface area contributed by atoms with E-state index in [4.69, 9.17) is 5.11 Å². The molecule has 0 aliphatic rings. The van der Waals surface area contributed by atoms with Gasteiger partial charge < -0.3 is 9.67 Å². The molecular weight excluding hydrogens is 213 g/mol. The number of nitrogens with zero attached hydrogens (tertiary/aromatic N) is 2. The Balaban J connectivity index is 2.84. The molecule has 1 aromatic heterocycles. The van der Waals surface area contributed by atoms with Crippen molar-refractivity contribution < 1.29 is 23.1 Å². The quantitative estimate of drug-likeness (QED) is 0.848. The van der Waals surface area contributed by atoms with Crippen molar-refractivity contribution in [1.82, 2.24) is 9.55 Å². The molecular formula is C8H9F3N2O2. The second-order valence-electron chi connectivity index (χ2n) is 3.01. The average molecular weight is 222 g/mol. The van der Waals surface area contributed by atoms with Gasteiger partial charge in [0, 0.05) is 6.54 Å². The second-order valence-corrected chi connectivity index (χ2v) is 3.01. The molecule has 0 saturated heterocycles. The van der Waals surface area contributed by atoms with Crippen LogP contribution < -0.4 is 0 Å². The molecule has 1 aromatic rings. The number of hydrogen-bond donors (Lipinski definition) is 1. The van der Waals surface area contributed by atoms with Gasteiger partial charge in [0.05, 0.1) is 12.6 Å². The minimum Gasteiger partial charge on any atom is -0.477 e. The Labute approximate surface area is 83.3 Å². The van der Waals surface area contributed by atoms with Crippen LogP contribution in [0.4, 0.5) is 13.2 Å². The van der Waals surface area contributed by atoms with E-state index in [1.54, 1.807) is 0 Å². The van der Waals surface area contributed by atoms with Gasteiger partial charge in [0.1, 0.15) is 11.5 Å². The summed E-state index contributed by atoms with van der Waals surface area (Å²) in [6.07, 6.45) is -4.31. The van der Waals surface area contributed by atoms with Gasteiger partial charge in [-0.1, -0.05) is 0 Å². The number of carbonyl (C=O) groups is 1. The highest BCUT2D eigenvalue weighted by Crippen LogP contribution is 2.21. The predicted molar refractivity (Wildman–Crippen MR) is 44.6 cm³/mol. The van der Waals surface area contributed by atoms with Gasteiger partial charge >= 0.3 is 12.1 Å². The first-order valence-electron chi connectivity index (χ1n) is 4.13. The Bertz CT molecular complexity index is 370. The van der Waals surface area contributed by atoms with Crippen LogP contribution in [-0.2, 0) is 6.54 Å². The number of rotatable bonds is 3. The first-order valence-corrected chi connectivity index (χ1v) is 4.13. The summed E-state index contributed by atoms with van der Waals surface area (Å²) in [4.78, 5) is 14.3. The first kappa shape index (κ1) is 11.5. The zero-order valence-electron chi connectivity index (χ0n) is 7.88. The van der Waals surface area contributed by atoms with Gasteiger partial charge in [-0.25, -0.2) is 9.78 Å². The molecule has 0 aromatic carbocycles. The largest absolute Gasteiger partial charge is 0.477 e. The van der Waals surface area contributed by atoms with Gasteiger partial charge in [-0.2, -0.15) is 13.2 Å². The van der Waals surface area contributed by atoms with Gasteiger partial charge in [0.15, 0.2) is 0 Å². The van der Waals surface area contributed by atoms with Crippen LogP contribution >= 0.6 is 0 Å². The topological polar surface area (TPSA) is 55.1 Å². The van der Waals surface area contributed by atoms with Gasteiger partial charge in [0.25, 0.3) is 0 Å². The van der Waals surface area contributed by atoms with Crippen molar-refractivity contribution in [3.63, 3.8) is 0 Å². The number of carboxylic acids is 1. The third kappa shape index (κ3) is 2.97. The fraction of sp³-hybridized carbons (Fsp3) is 0.500. The molecule has 84 valence electrons. The van der Waals surface area contributed by atoms with Crippen molar-refractivity contribution in [3.05, 3.63) is 17.7 Å². The highest BCUT2D eigenvalue weighted by Gasteiger charge is 2.27. The normalized spacial score (nSPS) is 11.7. The van der Waals surface area contributed by atoms with Crippen molar-refractivity contribution in [1.29, 1.82) is 0 Å². The van der Waals surface area contributed by atoms with E-state index in [9.17, 15) is 18.0 Å². The molecule has 0 radical (unpaired) electrons. The zero-order chi connectivity index (χ0) is 11.6. The maximum atomic E-state index is 11.9. The van der Waals surface area contributed by atoms with Crippen LogP contribution in [0.3, 0.4) is 0 Å². The fourth-order valence-corrected chi connectivity index (χ4v) is 1.16. The molecule has 0 aliphatic carbocycles. The minimum absolute atomic E-state index is 0.225. The van der Waals surface area contributed by atoms with Crippen molar-refractivity contribution in [2.45, 2.75) is 26.1 Å². The number of hydrogen-bond acceptors (Lipinski definition) is 2. The number of alkyl halides is 3. The number of imidazole rings is 1. The van der Waals surface area contributed by atoms with E-state index in [1.807, 2.05) is 0 Å². The summed E-state index contributed by atoms with van der Waals surface area (Å²) in [6.45, 7) is 1.04. The number of halogens is 3. The van der Waals surface area contributed by atoms with E-state index >= 15 is 0 Å². The summed E-state index contributed by atoms with van der Waals surface area (Å²) < 4.78 is 36.8. The first-order chi connectivity index (χ1) is 6.81. The molecule has 0 fully saturated rings. The average Bonchev–Trinajstić information content (AvgIpc) is 2.42. The summed E-state index contributed by atoms with van der Waals surface area (Å²) in [7, 11) is 0. The van der Waals surface area contributed by atoms with E-state index < -0.39 is 25.1 Å². The van der Waals surface area contributed by atoms with E-state index in [0.29, 0.717) is 0 Å². The maximum Gasteiger partial charge on any atom is 0.390 e. The monoisotopic (exact) mass is 222 g/mol. The molecule has 15 heavy (non-hydrogen) atoms. The number of carboxylic acid groups (broad SMARTS) is 1. The van der Waals surface area contributed by atoms with Crippen molar-refractivity contribution >= 4 is 5.97 Å². The Morgan fingerprint density at radius 1 is 1.60 bits per heavy atom. The summed E-state index contributed by atoms with van der Waals surface area (Å²) >= 11 is 0. The summed E-state index contributed by atoms with van der Waals surface area (Å²) in [5, 5.41) is 8.67. The van der Waals surface area contributed by atoms with Crippen LogP contribution in [-0.4, -0.2) is 26.8 Å². The number of aromatic carboxylic acids is 1. The lowest BCUT2D eigenvalue weighted by atomic mass is 10.3. The highest BCUT2D eigenvalue weighted by molar-refractivity contribution is 5.85. The molecule has 0 atom stereocenters. The van der Waals surface area contributed by atoms with Crippen LogP contribution in [0.5, 0.6) is 0 Å². The van der Waals surface area contributed by atoms with Crippen LogP contribution in [0.15, 0.2) is 6.20 Å². The highest BCUT2D eigenvalue weighted by atomic mass is 19.4. The molecule has 1 N–H and O–H groups in total. The van der Waals surface area contributed by atoms with Crippen LogP contribution in [0.25, 0.3) is 0 Å². The smallest absolute Gasteiger partial charge is 0.390 e. The lowest BCUT2D eigenvalue weighted by Crippen LogP contribution is -2.16. The van der Waals surface area contributed by atoms with Crippen molar-refractivity contribution in [3.8, 4) is 0 Å². The Hall–Kier alpha value is -1.53. The molecule has 0 bridgehead atoms. The van der Waals surface area contributed by atoms with Crippen LogP contribution in [0, 0.1) is 6.92 Å². The lowest BCUT2D eigenvalue weighted by molar-refractivity contribution is -0.136. The minimum atomic E-state index is -4.30. The standard InChI is InChI=1S/C8H9F3N2O2/c1-5-12-4-6(7(14)15)13(5)3-2-8(9,10)11/h4H,2-3H2,1H3,(H,14,15). The number of aryl methyl sites for hydroxylation is 1. The lowest BCUT2D eigenvalue weighted by Gasteiger charge is -2.09. The maximum absolute atomic E-state index is 11.9. The fourth-order valence-electron chi connectivity index (χ4n) is 1.16. The molecule has 0 unspecified atom stereocenters. The summed E-state index contributed by atoms with van der Waals surface area (Å²) in [5.41, 5.74) is -0.225. The molecule has 0 spiro atoms. The third-order valence-corrected chi connectivity index (χ3v) is 1.89. The molecule has 0 amide bonds. The third-order valence-electron chi connectivity index (χ3n) is 1.89. The number of aromatic nitrogens is 2. The molecule has 4 nitrogen and oxygen atoms in total. The Morgan fingerprint density at radius 2 is 2.20 bits per heavy atom.